The Morgan fingerprint density at radius 1 is 1.10 bits per heavy atom. The summed E-state index contributed by atoms with van der Waals surface area (Å²) in [7, 11) is 3.23. The van der Waals surface area contributed by atoms with E-state index in [1.165, 1.54) is 0 Å². The molecular weight excluding hydrogens is 394 g/mol. The molecule has 3 heterocycles. The lowest BCUT2D eigenvalue weighted by Crippen LogP contribution is -2.29. The second kappa shape index (κ2) is 7.58. The second-order valence-electron chi connectivity index (χ2n) is 7.89. The van der Waals surface area contributed by atoms with Crippen LogP contribution in [0.4, 0.5) is 5.88 Å². The molecule has 0 saturated heterocycles. The van der Waals surface area contributed by atoms with Crippen molar-refractivity contribution in [1.29, 1.82) is 0 Å². The number of carbonyl (C=O) groups is 1. The molecule has 0 amide bonds. The molecule has 0 saturated carbocycles. The van der Waals surface area contributed by atoms with E-state index in [1.807, 2.05) is 43.5 Å². The molecule has 1 N–H and O–H groups in total. The van der Waals surface area contributed by atoms with Crippen molar-refractivity contribution in [1.82, 2.24) is 10.1 Å². The molecule has 2 aliphatic rings. The number of rotatable bonds is 4. The van der Waals surface area contributed by atoms with E-state index >= 15 is 0 Å². The predicted octanol–water partition coefficient (Wildman–Crippen LogP) is 4.35. The Kier molecular flexibility index (Phi) is 4.73. The van der Waals surface area contributed by atoms with Gasteiger partial charge in [-0.3, -0.25) is 9.78 Å². The van der Waals surface area contributed by atoms with Gasteiger partial charge in [0.15, 0.2) is 17.3 Å². The van der Waals surface area contributed by atoms with Crippen LogP contribution in [-0.2, 0) is 4.79 Å². The van der Waals surface area contributed by atoms with Crippen LogP contribution in [0, 0.1) is 6.92 Å². The molecule has 158 valence electrons. The fourth-order valence-electron chi connectivity index (χ4n) is 4.69. The summed E-state index contributed by atoms with van der Waals surface area (Å²) in [4.78, 5) is 17.8. The van der Waals surface area contributed by atoms with Crippen LogP contribution in [0.1, 0.15) is 47.1 Å². The predicted molar refractivity (Wildman–Crippen MR) is 114 cm³/mol. The number of anilines is 1. The number of aryl methyl sites for hydroxylation is 1. The van der Waals surface area contributed by atoms with Crippen LogP contribution >= 0.6 is 0 Å². The van der Waals surface area contributed by atoms with Crippen molar-refractivity contribution in [2.45, 2.75) is 31.6 Å². The van der Waals surface area contributed by atoms with Gasteiger partial charge >= 0.3 is 0 Å². The number of hydrogen-bond acceptors (Lipinski definition) is 7. The number of nitrogens with one attached hydrogen (secondary N) is 1. The number of pyridine rings is 1. The van der Waals surface area contributed by atoms with E-state index in [0.29, 0.717) is 30.2 Å². The number of ether oxygens (including phenoxy) is 2. The number of nitrogens with zero attached hydrogens (tertiary/aromatic N) is 2. The van der Waals surface area contributed by atoms with Gasteiger partial charge in [0, 0.05) is 36.0 Å². The van der Waals surface area contributed by atoms with Gasteiger partial charge in [0.25, 0.3) is 0 Å². The monoisotopic (exact) mass is 417 g/mol. The maximum Gasteiger partial charge on any atom is 0.233 e. The summed E-state index contributed by atoms with van der Waals surface area (Å²) in [5.74, 6) is 1.84. The van der Waals surface area contributed by atoms with Crippen LogP contribution in [0.3, 0.4) is 0 Å². The molecule has 0 spiro atoms. The Bertz CT molecular complexity index is 1180. The molecule has 31 heavy (non-hydrogen) atoms. The van der Waals surface area contributed by atoms with Gasteiger partial charge in [-0.05, 0) is 48.6 Å². The van der Waals surface area contributed by atoms with Crippen molar-refractivity contribution < 1.29 is 18.8 Å². The molecule has 7 nitrogen and oxygen atoms in total. The number of fused-ring (bicyclic) bond motifs is 1. The van der Waals surface area contributed by atoms with Gasteiger partial charge in [-0.15, -0.1) is 0 Å². The lowest BCUT2D eigenvalue weighted by Gasteiger charge is -2.34. The van der Waals surface area contributed by atoms with Gasteiger partial charge in [0.05, 0.1) is 25.5 Å². The Morgan fingerprint density at radius 2 is 1.94 bits per heavy atom. The van der Waals surface area contributed by atoms with Gasteiger partial charge in [-0.2, -0.15) is 0 Å². The molecule has 0 fully saturated rings. The SMILES string of the molecule is COc1ccc(C2CC(=O)C3=C(C2)Nc2onc(C)c2C3c2cccnc2)cc1OC. The van der Waals surface area contributed by atoms with Gasteiger partial charge in [-0.1, -0.05) is 17.3 Å². The van der Waals surface area contributed by atoms with Gasteiger partial charge in [0.1, 0.15) is 0 Å². The first kappa shape index (κ1) is 19.4. The highest BCUT2D eigenvalue weighted by molar-refractivity contribution is 6.01. The highest BCUT2D eigenvalue weighted by Gasteiger charge is 2.41. The molecule has 3 aromatic rings. The molecule has 2 aromatic heterocycles. The molecule has 5 rings (SSSR count). The summed E-state index contributed by atoms with van der Waals surface area (Å²) in [6, 6.07) is 9.72. The first-order valence-electron chi connectivity index (χ1n) is 10.2. The molecule has 7 heteroatoms. The Balaban J connectivity index is 1.57. The lowest BCUT2D eigenvalue weighted by molar-refractivity contribution is -0.116. The number of aromatic nitrogens is 2. The smallest absolute Gasteiger partial charge is 0.233 e. The standard InChI is InChI=1S/C24H23N3O4/c1-13-21-22(15-5-4-8-25-12-15)23-17(26-24(21)31-27-13)9-16(10-18(23)28)14-6-7-19(29-2)20(11-14)30-3/h4-8,11-12,16,22,26H,9-10H2,1-3H3. The molecule has 1 aromatic carbocycles. The molecule has 0 bridgehead atoms. The zero-order valence-electron chi connectivity index (χ0n) is 17.6. The fourth-order valence-corrected chi connectivity index (χ4v) is 4.69. The quantitative estimate of drug-likeness (QED) is 0.675. The number of Topliss-reactive ketones (excluding diaryl/α,β-unsaturated/α-hetero) is 1. The molecule has 1 aliphatic heterocycles. The third kappa shape index (κ3) is 3.17. The van der Waals surface area contributed by atoms with E-state index in [0.717, 1.165) is 33.7 Å². The topological polar surface area (TPSA) is 86.5 Å². The lowest BCUT2D eigenvalue weighted by atomic mass is 9.72. The van der Waals surface area contributed by atoms with Gasteiger partial charge in [-0.25, -0.2) is 0 Å². The van der Waals surface area contributed by atoms with E-state index in [2.05, 4.69) is 15.5 Å². The van der Waals surface area contributed by atoms with Crippen molar-refractivity contribution >= 4 is 11.7 Å². The molecule has 2 unspecified atom stereocenters. The number of allylic oxidation sites excluding steroid dienone is 2. The van der Waals surface area contributed by atoms with Crippen LogP contribution in [0.25, 0.3) is 0 Å². The minimum absolute atomic E-state index is 0.0265. The summed E-state index contributed by atoms with van der Waals surface area (Å²) in [5, 5.41) is 7.50. The number of carbonyl (C=O) groups excluding carboxylic acids is 1. The normalized spacial score (nSPS) is 20.0. The third-order valence-corrected chi connectivity index (χ3v) is 6.15. The minimum atomic E-state index is -0.231. The maximum absolute atomic E-state index is 13.5. The van der Waals surface area contributed by atoms with Crippen molar-refractivity contribution in [3.63, 3.8) is 0 Å². The first-order valence-corrected chi connectivity index (χ1v) is 10.2. The van der Waals surface area contributed by atoms with E-state index < -0.39 is 0 Å². The number of methoxy groups -OCH3 is 2. The third-order valence-electron chi connectivity index (χ3n) is 6.15. The summed E-state index contributed by atoms with van der Waals surface area (Å²) in [6.07, 6.45) is 4.65. The summed E-state index contributed by atoms with van der Waals surface area (Å²) < 4.78 is 16.4. The van der Waals surface area contributed by atoms with E-state index in [4.69, 9.17) is 14.0 Å². The Hall–Kier alpha value is -3.61. The number of ketones is 1. The molecule has 0 radical (unpaired) electrons. The summed E-state index contributed by atoms with van der Waals surface area (Å²) in [6.45, 7) is 1.90. The minimum Gasteiger partial charge on any atom is -0.493 e. The van der Waals surface area contributed by atoms with Crippen molar-refractivity contribution in [2.75, 3.05) is 19.5 Å². The summed E-state index contributed by atoms with van der Waals surface area (Å²) in [5.41, 5.74) is 5.35. The Morgan fingerprint density at radius 3 is 2.68 bits per heavy atom. The van der Waals surface area contributed by atoms with Gasteiger partial charge < -0.3 is 19.3 Å². The van der Waals surface area contributed by atoms with E-state index in [9.17, 15) is 4.79 Å². The number of benzene rings is 1. The van der Waals surface area contributed by atoms with Crippen molar-refractivity contribution in [3.05, 3.63) is 76.4 Å². The van der Waals surface area contributed by atoms with Crippen LogP contribution in [0.5, 0.6) is 11.5 Å². The highest BCUT2D eigenvalue weighted by atomic mass is 16.5. The largest absolute Gasteiger partial charge is 0.493 e. The molecular formula is C24H23N3O4. The van der Waals surface area contributed by atoms with Crippen LogP contribution in [0.2, 0.25) is 0 Å². The van der Waals surface area contributed by atoms with E-state index in [-0.39, 0.29) is 17.6 Å². The molecule has 2 atom stereocenters. The molecule has 1 aliphatic carbocycles. The van der Waals surface area contributed by atoms with Gasteiger partial charge in [0.2, 0.25) is 5.88 Å². The number of hydrogen-bond donors (Lipinski definition) is 1. The zero-order chi connectivity index (χ0) is 21.5. The maximum atomic E-state index is 13.5. The first-order chi connectivity index (χ1) is 15.1. The average molecular weight is 417 g/mol. The van der Waals surface area contributed by atoms with E-state index in [1.54, 1.807) is 20.4 Å². The van der Waals surface area contributed by atoms with Crippen LogP contribution in [0.15, 0.2) is 58.5 Å². The second-order valence-corrected chi connectivity index (χ2v) is 7.89. The fraction of sp³-hybridized carbons (Fsp3) is 0.292. The van der Waals surface area contributed by atoms with Crippen molar-refractivity contribution in [2.24, 2.45) is 0 Å². The van der Waals surface area contributed by atoms with Crippen LogP contribution in [-0.4, -0.2) is 30.1 Å². The van der Waals surface area contributed by atoms with Crippen LogP contribution < -0.4 is 14.8 Å². The Labute approximate surface area is 180 Å². The highest BCUT2D eigenvalue weighted by Crippen LogP contribution is 2.49. The summed E-state index contributed by atoms with van der Waals surface area (Å²) >= 11 is 0. The zero-order valence-corrected chi connectivity index (χ0v) is 17.6. The average Bonchev–Trinajstić information content (AvgIpc) is 3.17. The van der Waals surface area contributed by atoms with Crippen molar-refractivity contribution in [3.8, 4) is 11.5 Å².